The molecule has 6 aromatic carbocycles. The van der Waals surface area contributed by atoms with E-state index in [1.807, 2.05) is 0 Å². The summed E-state index contributed by atoms with van der Waals surface area (Å²) >= 11 is 0. The predicted molar refractivity (Wildman–Crippen MR) is 175 cm³/mol. The maximum absolute atomic E-state index is 2.43. The summed E-state index contributed by atoms with van der Waals surface area (Å²) in [6.07, 6.45) is 6.19. The van der Waals surface area contributed by atoms with Crippen molar-refractivity contribution in [3.8, 4) is 22.3 Å². The fourth-order valence-corrected chi connectivity index (χ4v) is 7.44. The molecular weight excluding hydrogens is 504 g/mol. The van der Waals surface area contributed by atoms with Crippen molar-refractivity contribution in [3.05, 3.63) is 189 Å². The Morgan fingerprint density at radius 1 is 0.357 bits per heavy atom. The van der Waals surface area contributed by atoms with Crippen LogP contribution in [0.1, 0.15) is 55.6 Å². The van der Waals surface area contributed by atoms with E-state index in [0.717, 1.165) is 38.5 Å². The lowest BCUT2D eigenvalue weighted by Gasteiger charge is -2.17. The maximum atomic E-state index is 2.43. The van der Waals surface area contributed by atoms with Gasteiger partial charge in [0.25, 0.3) is 0 Å². The van der Waals surface area contributed by atoms with Crippen molar-refractivity contribution in [2.75, 3.05) is 0 Å². The zero-order valence-corrected chi connectivity index (χ0v) is 23.9. The van der Waals surface area contributed by atoms with Crippen LogP contribution in [0.3, 0.4) is 0 Å². The fourth-order valence-electron chi connectivity index (χ4n) is 7.44. The lowest BCUT2D eigenvalue weighted by atomic mass is 9.87. The molecule has 0 aliphatic heterocycles. The first-order valence-electron chi connectivity index (χ1n) is 15.3. The van der Waals surface area contributed by atoms with Crippen molar-refractivity contribution >= 4 is 0 Å². The fraction of sp³-hybridized carbons (Fsp3) is 0.143. The van der Waals surface area contributed by atoms with Gasteiger partial charge in [-0.3, -0.25) is 0 Å². The van der Waals surface area contributed by atoms with Gasteiger partial charge in [-0.1, -0.05) is 133 Å². The summed E-state index contributed by atoms with van der Waals surface area (Å²) < 4.78 is 0. The molecule has 6 aromatic rings. The molecule has 2 aliphatic carbocycles. The van der Waals surface area contributed by atoms with Gasteiger partial charge in [0, 0.05) is 0 Å². The van der Waals surface area contributed by atoms with Crippen LogP contribution in [0.5, 0.6) is 0 Å². The van der Waals surface area contributed by atoms with Gasteiger partial charge in [0.05, 0.1) is 0 Å². The molecule has 0 fully saturated rings. The minimum atomic E-state index is 0.979. The summed E-state index contributed by atoms with van der Waals surface area (Å²) in [5, 5.41) is 0. The van der Waals surface area contributed by atoms with Crippen LogP contribution in [0.4, 0.5) is 0 Å². The lowest BCUT2D eigenvalue weighted by molar-refractivity contribution is 0.925. The average molecular weight is 539 g/mol. The summed E-state index contributed by atoms with van der Waals surface area (Å²) in [6, 6.07) is 49.6. The van der Waals surface area contributed by atoms with Crippen LogP contribution in [0.15, 0.2) is 133 Å². The van der Waals surface area contributed by atoms with E-state index in [0.29, 0.717) is 0 Å². The van der Waals surface area contributed by atoms with E-state index in [9.17, 15) is 0 Å². The number of rotatable bonds is 7. The molecule has 42 heavy (non-hydrogen) atoms. The van der Waals surface area contributed by atoms with Gasteiger partial charge >= 0.3 is 0 Å². The van der Waals surface area contributed by atoms with Gasteiger partial charge in [-0.15, -0.1) is 0 Å². The van der Waals surface area contributed by atoms with Gasteiger partial charge in [0.1, 0.15) is 0 Å². The maximum Gasteiger partial charge on any atom is -0.00106 e. The SMILES string of the molecule is c1ccc(Cc2ccc(CCc3ccc(Cc4ccccc4)c4c3Cc3ccccc3-4)c3c2-c2ccccc2C3)cc1. The molecule has 0 spiro atoms. The molecule has 0 heterocycles. The summed E-state index contributed by atoms with van der Waals surface area (Å²) in [4.78, 5) is 0. The average Bonchev–Trinajstić information content (AvgIpc) is 3.63. The van der Waals surface area contributed by atoms with Crippen LogP contribution < -0.4 is 0 Å². The van der Waals surface area contributed by atoms with Crippen LogP contribution in [0.25, 0.3) is 22.3 Å². The molecular formula is C42H34. The predicted octanol–water partition coefficient (Wildman–Crippen LogP) is 9.80. The molecule has 0 saturated heterocycles. The van der Waals surface area contributed by atoms with Crippen LogP contribution >= 0.6 is 0 Å². The first-order chi connectivity index (χ1) is 20.8. The van der Waals surface area contributed by atoms with Gasteiger partial charge in [-0.25, -0.2) is 0 Å². The third-order valence-corrected chi connectivity index (χ3v) is 9.44. The zero-order valence-electron chi connectivity index (χ0n) is 23.9. The molecule has 0 atom stereocenters. The van der Waals surface area contributed by atoms with Gasteiger partial charge < -0.3 is 0 Å². The van der Waals surface area contributed by atoms with E-state index in [1.54, 1.807) is 11.1 Å². The van der Waals surface area contributed by atoms with Crippen LogP contribution in [0.2, 0.25) is 0 Å². The Labute approximate surface area is 249 Å². The highest BCUT2D eigenvalue weighted by molar-refractivity contribution is 5.82. The van der Waals surface area contributed by atoms with Crippen LogP contribution in [-0.4, -0.2) is 0 Å². The second kappa shape index (κ2) is 10.6. The normalized spacial score (nSPS) is 12.5. The van der Waals surface area contributed by atoms with Crippen molar-refractivity contribution in [1.82, 2.24) is 0 Å². The van der Waals surface area contributed by atoms with E-state index in [2.05, 4.69) is 133 Å². The standard InChI is InChI=1S/C42H34/c1-3-11-29(12-4-1)25-35-23-21-31(39-27-33-15-7-9-17-37(33)41(35)39)19-20-32-22-24-36(26-30-13-5-2-6-14-30)42-38-18-10-8-16-34(38)28-40(32)42/h1-18,21-24H,19-20,25-28H2. The largest absolute Gasteiger partial charge is 0.0622 e. The molecule has 202 valence electrons. The van der Waals surface area contributed by atoms with E-state index < -0.39 is 0 Å². The minimum absolute atomic E-state index is 0.979. The highest BCUT2D eigenvalue weighted by Gasteiger charge is 2.26. The quantitative estimate of drug-likeness (QED) is 0.189. The Kier molecular flexibility index (Phi) is 6.34. The number of hydrogen-bond donors (Lipinski definition) is 0. The molecule has 0 radical (unpaired) electrons. The number of hydrogen-bond acceptors (Lipinski definition) is 0. The Hall–Kier alpha value is -4.68. The van der Waals surface area contributed by atoms with Crippen molar-refractivity contribution < 1.29 is 0 Å². The summed E-state index contributed by atoms with van der Waals surface area (Å²) in [6.45, 7) is 0. The summed E-state index contributed by atoms with van der Waals surface area (Å²) in [5.41, 5.74) is 20.5. The minimum Gasteiger partial charge on any atom is -0.0622 e. The summed E-state index contributed by atoms with van der Waals surface area (Å²) in [7, 11) is 0. The molecule has 0 aromatic heterocycles. The Balaban J connectivity index is 1.14. The lowest BCUT2D eigenvalue weighted by Crippen LogP contribution is -2.03. The highest BCUT2D eigenvalue weighted by Crippen LogP contribution is 2.44. The topological polar surface area (TPSA) is 0 Å². The second-order valence-corrected chi connectivity index (χ2v) is 12.0. The van der Waals surface area contributed by atoms with Crippen molar-refractivity contribution in [2.24, 2.45) is 0 Å². The number of fused-ring (bicyclic) bond motifs is 6. The van der Waals surface area contributed by atoms with Crippen molar-refractivity contribution in [1.29, 1.82) is 0 Å². The molecule has 8 rings (SSSR count). The molecule has 0 amide bonds. The van der Waals surface area contributed by atoms with Gasteiger partial charge in [-0.05, 0) is 116 Å². The third-order valence-electron chi connectivity index (χ3n) is 9.44. The molecule has 0 nitrogen and oxygen atoms in total. The van der Waals surface area contributed by atoms with Crippen LogP contribution in [0, 0.1) is 0 Å². The van der Waals surface area contributed by atoms with E-state index in [-0.39, 0.29) is 0 Å². The summed E-state index contributed by atoms with van der Waals surface area (Å²) in [5.74, 6) is 0. The van der Waals surface area contributed by atoms with Crippen LogP contribution in [-0.2, 0) is 38.5 Å². The smallest absolute Gasteiger partial charge is 0.00106 e. The van der Waals surface area contributed by atoms with Gasteiger partial charge in [0.2, 0.25) is 0 Å². The highest BCUT2D eigenvalue weighted by atomic mass is 14.3. The molecule has 0 heteroatoms. The Morgan fingerprint density at radius 2 is 0.738 bits per heavy atom. The van der Waals surface area contributed by atoms with E-state index >= 15 is 0 Å². The zero-order chi connectivity index (χ0) is 27.9. The first-order valence-corrected chi connectivity index (χ1v) is 15.3. The molecule has 0 bridgehead atoms. The third kappa shape index (κ3) is 4.48. The van der Waals surface area contributed by atoms with Crippen molar-refractivity contribution in [3.63, 3.8) is 0 Å². The van der Waals surface area contributed by atoms with Crippen molar-refractivity contribution in [2.45, 2.75) is 38.5 Å². The molecule has 0 saturated carbocycles. The second-order valence-electron chi connectivity index (χ2n) is 12.0. The Bertz CT molecular complexity index is 1770. The van der Waals surface area contributed by atoms with E-state index in [4.69, 9.17) is 0 Å². The van der Waals surface area contributed by atoms with Gasteiger partial charge in [0.15, 0.2) is 0 Å². The first kappa shape index (κ1) is 25.1. The molecule has 2 aliphatic rings. The molecule has 0 unspecified atom stereocenters. The number of benzene rings is 6. The van der Waals surface area contributed by atoms with Gasteiger partial charge in [-0.2, -0.15) is 0 Å². The monoisotopic (exact) mass is 538 g/mol. The van der Waals surface area contributed by atoms with E-state index in [1.165, 1.54) is 66.8 Å². The number of aryl methyl sites for hydroxylation is 2. The Morgan fingerprint density at radius 3 is 1.19 bits per heavy atom. The molecule has 0 N–H and O–H groups in total.